The number of carbonyl (C=O) groups excluding carboxylic acids is 1. The number of fused-ring (bicyclic) bond motifs is 1. The molecule has 0 bridgehead atoms. The van der Waals surface area contributed by atoms with Crippen molar-refractivity contribution in [3.8, 4) is 11.5 Å². The van der Waals surface area contributed by atoms with E-state index in [0.29, 0.717) is 23.3 Å². The van der Waals surface area contributed by atoms with Crippen LogP contribution in [0, 0.1) is 0 Å². The van der Waals surface area contributed by atoms with Gasteiger partial charge < -0.3 is 14.0 Å². The third-order valence-corrected chi connectivity index (χ3v) is 5.02. The fourth-order valence-corrected chi connectivity index (χ4v) is 3.31. The standard InChI is InChI=1S/C23H18ClNO4/c1-27-20-10-6-5-9-16(20)13-19-18-12-11-17(14-21(18)29-25-19)28-23(26)22(24)15-7-3-2-4-8-15/h2-12,14,22H,13H2,1H3. The molecule has 5 nitrogen and oxygen atoms in total. The Morgan fingerprint density at radius 2 is 1.83 bits per heavy atom. The number of hydrogen-bond acceptors (Lipinski definition) is 5. The average Bonchev–Trinajstić information content (AvgIpc) is 3.16. The molecule has 0 aliphatic rings. The Balaban J connectivity index is 1.53. The number of ether oxygens (including phenoxy) is 2. The Bertz CT molecular complexity index is 1140. The zero-order valence-corrected chi connectivity index (χ0v) is 16.4. The Labute approximate surface area is 172 Å². The molecular weight excluding hydrogens is 390 g/mol. The average molecular weight is 408 g/mol. The van der Waals surface area contributed by atoms with Crippen molar-refractivity contribution in [2.75, 3.05) is 7.11 Å². The van der Waals surface area contributed by atoms with Crippen LogP contribution >= 0.6 is 11.6 Å². The molecule has 1 atom stereocenters. The van der Waals surface area contributed by atoms with Crippen LogP contribution in [0.15, 0.2) is 77.3 Å². The first-order valence-electron chi connectivity index (χ1n) is 9.06. The maximum absolute atomic E-state index is 12.4. The van der Waals surface area contributed by atoms with Gasteiger partial charge in [0.2, 0.25) is 0 Å². The summed E-state index contributed by atoms with van der Waals surface area (Å²) in [5.74, 6) is 0.596. The van der Waals surface area contributed by atoms with Gasteiger partial charge in [0.05, 0.1) is 12.8 Å². The monoisotopic (exact) mass is 407 g/mol. The minimum atomic E-state index is -0.886. The Morgan fingerprint density at radius 3 is 2.62 bits per heavy atom. The van der Waals surface area contributed by atoms with Crippen molar-refractivity contribution >= 4 is 28.5 Å². The van der Waals surface area contributed by atoms with Crippen molar-refractivity contribution < 1.29 is 18.8 Å². The van der Waals surface area contributed by atoms with Crippen LogP contribution in [0.2, 0.25) is 0 Å². The number of esters is 1. The first kappa shape index (κ1) is 19.0. The molecule has 0 radical (unpaired) electrons. The number of halogens is 1. The van der Waals surface area contributed by atoms with Crippen molar-refractivity contribution in [1.29, 1.82) is 0 Å². The molecule has 3 aromatic carbocycles. The van der Waals surface area contributed by atoms with Crippen LogP contribution in [0.1, 0.15) is 22.2 Å². The molecule has 0 saturated carbocycles. The molecule has 4 aromatic rings. The van der Waals surface area contributed by atoms with Crippen LogP contribution in [0.3, 0.4) is 0 Å². The van der Waals surface area contributed by atoms with Crippen LogP contribution in [0.25, 0.3) is 11.0 Å². The van der Waals surface area contributed by atoms with Crippen LogP contribution < -0.4 is 9.47 Å². The second kappa shape index (κ2) is 8.37. The van der Waals surface area contributed by atoms with E-state index in [-0.39, 0.29) is 0 Å². The number of nitrogens with zero attached hydrogens (tertiary/aromatic N) is 1. The summed E-state index contributed by atoms with van der Waals surface area (Å²) < 4.78 is 16.3. The number of rotatable bonds is 6. The number of para-hydroxylation sites is 1. The van der Waals surface area contributed by atoms with Gasteiger partial charge in [0.15, 0.2) is 11.0 Å². The SMILES string of the molecule is COc1ccccc1Cc1noc2cc(OC(=O)C(Cl)c3ccccc3)ccc12. The van der Waals surface area contributed by atoms with Crippen molar-refractivity contribution in [3.63, 3.8) is 0 Å². The van der Waals surface area contributed by atoms with E-state index in [4.69, 9.17) is 25.6 Å². The van der Waals surface area contributed by atoms with Gasteiger partial charge in [-0.15, -0.1) is 11.6 Å². The predicted molar refractivity (Wildman–Crippen MR) is 110 cm³/mol. The highest BCUT2D eigenvalue weighted by molar-refractivity contribution is 6.30. The van der Waals surface area contributed by atoms with Gasteiger partial charge in [-0.2, -0.15) is 0 Å². The van der Waals surface area contributed by atoms with Crippen LogP contribution in [0.5, 0.6) is 11.5 Å². The Hall–Kier alpha value is -3.31. The second-order valence-electron chi connectivity index (χ2n) is 6.47. The third kappa shape index (κ3) is 4.10. The summed E-state index contributed by atoms with van der Waals surface area (Å²) in [5, 5.41) is 4.13. The third-order valence-electron chi connectivity index (χ3n) is 4.59. The fraction of sp³-hybridized carbons (Fsp3) is 0.130. The van der Waals surface area contributed by atoms with Crippen LogP contribution in [0.4, 0.5) is 0 Å². The maximum Gasteiger partial charge on any atom is 0.334 e. The first-order chi connectivity index (χ1) is 14.2. The topological polar surface area (TPSA) is 61.6 Å². The second-order valence-corrected chi connectivity index (χ2v) is 6.91. The zero-order valence-electron chi connectivity index (χ0n) is 15.7. The molecule has 0 saturated heterocycles. The minimum Gasteiger partial charge on any atom is -0.496 e. The van der Waals surface area contributed by atoms with E-state index in [2.05, 4.69) is 5.16 Å². The summed E-state index contributed by atoms with van der Waals surface area (Å²) >= 11 is 6.23. The van der Waals surface area contributed by atoms with E-state index >= 15 is 0 Å². The van der Waals surface area contributed by atoms with Crippen LogP contribution in [-0.4, -0.2) is 18.2 Å². The quantitative estimate of drug-likeness (QED) is 0.246. The fourth-order valence-electron chi connectivity index (χ4n) is 3.12. The van der Waals surface area contributed by atoms with Gasteiger partial charge >= 0.3 is 5.97 Å². The lowest BCUT2D eigenvalue weighted by Crippen LogP contribution is -2.14. The highest BCUT2D eigenvalue weighted by Gasteiger charge is 2.20. The number of carbonyl (C=O) groups is 1. The largest absolute Gasteiger partial charge is 0.496 e. The maximum atomic E-state index is 12.4. The number of methoxy groups -OCH3 is 1. The van der Waals surface area contributed by atoms with Gasteiger partial charge in [0, 0.05) is 23.4 Å². The lowest BCUT2D eigenvalue weighted by molar-refractivity contribution is -0.134. The van der Waals surface area contributed by atoms with Crippen molar-refractivity contribution in [2.45, 2.75) is 11.8 Å². The number of aromatic nitrogens is 1. The summed E-state index contributed by atoms with van der Waals surface area (Å²) in [6, 6.07) is 22.0. The summed E-state index contributed by atoms with van der Waals surface area (Å²) in [6.45, 7) is 0. The molecule has 0 aliphatic heterocycles. The summed E-state index contributed by atoms with van der Waals surface area (Å²) in [4.78, 5) is 12.4. The van der Waals surface area contributed by atoms with Gasteiger partial charge in [-0.1, -0.05) is 53.7 Å². The van der Waals surface area contributed by atoms with E-state index in [0.717, 1.165) is 22.4 Å². The predicted octanol–water partition coefficient (Wildman–Crippen LogP) is 5.31. The lowest BCUT2D eigenvalue weighted by atomic mass is 10.1. The van der Waals surface area contributed by atoms with Gasteiger partial charge in [-0.25, -0.2) is 4.79 Å². The molecule has 0 N–H and O–H groups in total. The molecule has 29 heavy (non-hydrogen) atoms. The van der Waals surface area contributed by atoms with E-state index in [9.17, 15) is 4.79 Å². The van der Waals surface area contributed by atoms with Gasteiger partial charge in [0.25, 0.3) is 0 Å². The first-order valence-corrected chi connectivity index (χ1v) is 9.50. The summed E-state index contributed by atoms with van der Waals surface area (Å²) in [6.07, 6.45) is 0.563. The highest BCUT2D eigenvalue weighted by Crippen LogP contribution is 2.29. The van der Waals surface area contributed by atoms with Crippen molar-refractivity contribution in [1.82, 2.24) is 5.16 Å². The Morgan fingerprint density at radius 1 is 1.07 bits per heavy atom. The molecule has 0 amide bonds. The molecule has 4 rings (SSSR count). The summed E-state index contributed by atoms with van der Waals surface area (Å²) in [7, 11) is 1.64. The lowest BCUT2D eigenvalue weighted by Gasteiger charge is -2.09. The molecule has 1 aromatic heterocycles. The van der Waals surface area contributed by atoms with E-state index in [1.54, 1.807) is 31.4 Å². The molecule has 0 fully saturated rings. The van der Waals surface area contributed by atoms with E-state index in [1.807, 2.05) is 48.5 Å². The van der Waals surface area contributed by atoms with Gasteiger partial charge in [-0.3, -0.25) is 0 Å². The van der Waals surface area contributed by atoms with E-state index < -0.39 is 11.3 Å². The highest BCUT2D eigenvalue weighted by atomic mass is 35.5. The molecule has 6 heteroatoms. The Kier molecular flexibility index (Phi) is 5.49. The molecule has 146 valence electrons. The number of alkyl halides is 1. The number of hydrogen-bond donors (Lipinski definition) is 0. The molecular formula is C23H18ClNO4. The number of benzene rings is 3. The summed E-state index contributed by atoms with van der Waals surface area (Å²) in [5.41, 5.74) is 3.00. The smallest absolute Gasteiger partial charge is 0.334 e. The normalized spacial score (nSPS) is 11.9. The molecule has 0 aliphatic carbocycles. The minimum absolute atomic E-state index is 0.351. The van der Waals surface area contributed by atoms with Gasteiger partial charge in [0.1, 0.15) is 11.5 Å². The van der Waals surface area contributed by atoms with Gasteiger partial charge in [-0.05, 0) is 23.8 Å². The molecule has 0 spiro atoms. The van der Waals surface area contributed by atoms with Crippen molar-refractivity contribution in [3.05, 3.63) is 89.6 Å². The van der Waals surface area contributed by atoms with Crippen LogP contribution in [-0.2, 0) is 11.2 Å². The molecule has 1 unspecified atom stereocenters. The molecule has 1 heterocycles. The van der Waals surface area contributed by atoms with E-state index in [1.165, 1.54) is 0 Å². The van der Waals surface area contributed by atoms with Crippen molar-refractivity contribution in [2.24, 2.45) is 0 Å². The zero-order chi connectivity index (χ0) is 20.2.